The van der Waals surface area contributed by atoms with Crippen molar-refractivity contribution in [3.8, 4) is 0 Å². The van der Waals surface area contributed by atoms with Gasteiger partial charge < -0.3 is 10.4 Å². The smallest absolute Gasteiger partial charge is 0.251 e. The lowest BCUT2D eigenvalue weighted by atomic mass is 9.93. The number of aliphatic hydroxyl groups is 1. The van der Waals surface area contributed by atoms with E-state index in [1.165, 1.54) is 18.2 Å². The third-order valence-corrected chi connectivity index (χ3v) is 3.82. The Bertz CT molecular complexity index is 445. The SMILES string of the molecule is O=C(NC1CCC(O)CC1)c1ccc(F)c(Br)c1. The average molecular weight is 316 g/mol. The van der Waals surface area contributed by atoms with Crippen molar-refractivity contribution in [1.29, 1.82) is 0 Å². The van der Waals surface area contributed by atoms with Crippen LogP contribution in [0.15, 0.2) is 22.7 Å². The number of amides is 1. The van der Waals surface area contributed by atoms with Gasteiger partial charge in [0.15, 0.2) is 0 Å². The number of halogens is 2. The Morgan fingerprint density at radius 1 is 1.33 bits per heavy atom. The summed E-state index contributed by atoms with van der Waals surface area (Å²) < 4.78 is 13.3. The number of carbonyl (C=O) groups excluding carboxylic acids is 1. The molecule has 0 spiro atoms. The Hall–Kier alpha value is -0.940. The van der Waals surface area contributed by atoms with E-state index in [0.717, 1.165) is 25.7 Å². The molecular formula is C13H15BrFNO2. The average Bonchev–Trinajstić information content (AvgIpc) is 2.35. The lowest BCUT2D eigenvalue weighted by Crippen LogP contribution is -2.38. The van der Waals surface area contributed by atoms with Gasteiger partial charge in [-0.1, -0.05) is 0 Å². The summed E-state index contributed by atoms with van der Waals surface area (Å²) in [6.07, 6.45) is 2.78. The van der Waals surface area contributed by atoms with E-state index in [1.807, 2.05) is 0 Å². The minimum absolute atomic E-state index is 0.102. The van der Waals surface area contributed by atoms with Crippen LogP contribution in [0.5, 0.6) is 0 Å². The molecule has 1 aliphatic carbocycles. The number of hydrogen-bond acceptors (Lipinski definition) is 2. The van der Waals surface area contributed by atoms with Gasteiger partial charge in [0.05, 0.1) is 10.6 Å². The molecule has 18 heavy (non-hydrogen) atoms. The van der Waals surface area contributed by atoms with E-state index in [4.69, 9.17) is 0 Å². The van der Waals surface area contributed by atoms with Gasteiger partial charge in [-0.3, -0.25) is 4.79 Å². The molecule has 2 rings (SSSR count). The van der Waals surface area contributed by atoms with Gasteiger partial charge in [-0.05, 0) is 59.8 Å². The maximum Gasteiger partial charge on any atom is 0.251 e. The molecule has 0 radical (unpaired) electrons. The first-order valence-electron chi connectivity index (χ1n) is 6.00. The molecule has 0 heterocycles. The first-order chi connectivity index (χ1) is 8.56. The van der Waals surface area contributed by atoms with Crippen LogP contribution < -0.4 is 5.32 Å². The number of rotatable bonds is 2. The van der Waals surface area contributed by atoms with Crippen LogP contribution in [0.1, 0.15) is 36.0 Å². The third-order valence-electron chi connectivity index (χ3n) is 3.21. The molecule has 5 heteroatoms. The molecule has 1 saturated carbocycles. The maximum atomic E-state index is 13.1. The molecule has 1 aliphatic rings. The normalized spacial score (nSPS) is 23.7. The first-order valence-corrected chi connectivity index (χ1v) is 6.79. The van der Waals surface area contributed by atoms with Crippen LogP contribution in [-0.2, 0) is 0 Å². The van der Waals surface area contributed by atoms with Gasteiger partial charge in [0, 0.05) is 11.6 Å². The molecule has 0 aromatic heterocycles. The molecule has 0 saturated heterocycles. The Morgan fingerprint density at radius 2 is 2.00 bits per heavy atom. The monoisotopic (exact) mass is 315 g/mol. The lowest BCUT2D eigenvalue weighted by molar-refractivity contribution is 0.0867. The van der Waals surface area contributed by atoms with E-state index < -0.39 is 0 Å². The molecule has 3 nitrogen and oxygen atoms in total. The Kier molecular flexibility index (Phi) is 4.35. The fraction of sp³-hybridized carbons (Fsp3) is 0.462. The molecular weight excluding hydrogens is 301 g/mol. The summed E-state index contributed by atoms with van der Waals surface area (Å²) in [7, 11) is 0. The van der Waals surface area contributed by atoms with Crippen molar-refractivity contribution in [3.05, 3.63) is 34.1 Å². The minimum atomic E-state index is -0.382. The summed E-state index contributed by atoms with van der Waals surface area (Å²) in [5.74, 6) is -0.579. The van der Waals surface area contributed by atoms with E-state index in [0.29, 0.717) is 5.56 Å². The summed E-state index contributed by atoms with van der Waals surface area (Å²) in [4.78, 5) is 11.9. The van der Waals surface area contributed by atoms with Gasteiger partial charge in [0.25, 0.3) is 5.91 Å². The van der Waals surface area contributed by atoms with Gasteiger partial charge in [-0.25, -0.2) is 4.39 Å². The molecule has 1 fully saturated rings. The lowest BCUT2D eigenvalue weighted by Gasteiger charge is -2.26. The van der Waals surface area contributed by atoms with E-state index >= 15 is 0 Å². The van der Waals surface area contributed by atoms with Crippen molar-refractivity contribution in [1.82, 2.24) is 5.32 Å². The van der Waals surface area contributed by atoms with Crippen molar-refractivity contribution >= 4 is 21.8 Å². The highest BCUT2D eigenvalue weighted by atomic mass is 79.9. The number of aliphatic hydroxyl groups excluding tert-OH is 1. The number of carbonyl (C=O) groups is 1. The molecule has 2 N–H and O–H groups in total. The zero-order valence-electron chi connectivity index (χ0n) is 9.83. The Balaban J connectivity index is 1.97. The van der Waals surface area contributed by atoms with Gasteiger partial charge in [0.1, 0.15) is 5.82 Å². The highest BCUT2D eigenvalue weighted by molar-refractivity contribution is 9.10. The second-order valence-electron chi connectivity index (χ2n) is 4.61. The second-order valence-corrected chi connectivity index (χ2v) is 5.46. The molecule has 0 atom stereocenters. The molecule has 0 aliphatic heterocycles. The molecule has 1 aromatic carbocycles. The van der Waals surface area contributed by atoms with Crippen molar-refractivity contribution in [2.45, 2.75) is 37.8 Å². The summed E-state index contributed by atoms with van der Waals surface area (Å²) >= 11 is 3.06. The number of benzene rings is 1. The van der Waals surface area contributed by atoms with Crippen LogP contribution in [0.2, 0.25) is 0 Å². The zero-order chi connectivity index (χ0) is 13.1. The standard InChI is InChI=1S/C13H15BrFNO2/c14-11-7-8(1-6-12(11)15)13(18)16-9-2-4-10(17)5-3-9/h1,6-7,9-10,17H,2-5H2,(H,16,18). The second kappa shape index (κ2) is 5.80. The number of hydrogen-bond donors (Lipinski definition) is 2. The van der Waals surface area contributed by atoms with Crippen LogP contribution >= 0.6 is 15.9 Å². The van der Waals surface area contributed by atoms with Crippen LogP contribution in [-0.4, -0.2) is 23.2 Å². The highest BCUT2D eigenvalue weighted by Gasteiger charge is 2.21. The quantitative estimate of drug-likeness (QED) is 0.881. The maximum absolute atomic E-state index is 13.1. The summed E-state index contributed by atoms with van der Waals surface area (Å²) in [6.45, 7) is 0. The van der Waals surface area contributed by atoms with Gasteiger partial charge >= 0.3 is 0 Å². The largest absolute Gasteiger partial charge is 0.393 e. The summed E-state index contributed by atoms with van der Waals surface area (Å²) in [6, 6.07) is 4.31. The van der Waals surface area contributed by atoms with E-state index in [2.05, 4.69) is 21.2 Å². The van der Waals surface area contributed by atoms with Crippen LogP contribution in [0.4, 0.5) is 4.39 Å². The van der Waals surface area contributed by atoms with Crippen molar-refractivity contribution < 1.29 is 14.3 Å². The van der Waals surface area contributed by atoms with Crippen LogP contribution in [0.25, 0.3) is 0 Å². The summed E-state index contributed by atoms with van der Waals surface area (Å²) in [5.41, 5.74) is 0.439. The van der Waals surface area contributed by atoms with Gasteiger partial charge in [-0.15, -0.1) is 0 Å². The van der Waals surface area contributed by atoms with E-state index in [9.17, 15) is 14.3 Å². The minimum Gasteiger partial charge on any atom is -0.393 e. The van der Waals surface area contributed by atoms with Crippen LogP contribution in [0, 0.1) is 5.82 Å². The molecule has 98 valence electrons. The fourth-order valence-electron chi connectivity index (χ4n) is 2.13. The van der Waals surface area contributed by atoms with Crippen molar-refractivity contribution in [2.24, 2.45) is 0 Å². The van der Waals surface area contributed by atoms with E-state index in [-0.39, 0.29) is 28.3 Å². The molecule has 0 bridgehead atoms. The molecule has 1 amide bonds. The van der Waals surface area contributed by atoms with Crippen LogP contribution in [0.3, 0.4) is 0 Å². The fourth-order valence-corrected chi connectivity index (χ4v) is 2.51. The Morgan fingerprint density at radius 3 is 2.61 bits per heavy atom. The summed E-state index contributed by atoms with van der Waals surface area (Å²) in [5, 5.41) is 12.3. The zero-order valence-corrected chi connectivity index (χ0v) is 11.4. The number of nitrogens with one attached hydrogen (secondary N) is 1. The van der Waals surface area contributed by atoms with Gasteiger partial charge in [-0.2, -0.15) is 0 Å². The topological polar surface area (TPSA) is 49.3 Å². The first kappa shape index (κ1) is 13.5. The van der Waals surface area contributed by atoms with Crippen molar-refractivity contribution in [3.63, 3.8) is 0 Å². The highest BCUT2D eigenvalue weighted by Crippen LogP contribution is 2.20. The van der Waals surface area contributed by atoms with Gasteiger partial charge in [0.2, 0.25) is 0 Å². The van der Waals surface area contributed by atoms with Crippen molar-refractivity contribution in [2.75, 3.05) is 0 Å². The van der Waals surface area contributed by atoms with E-state index in [1.54, 1.807) is 0 Å². The third kappa shape index (κ3) is 3.29. The predicted molar refractivity (Wildman–Crippen MR) is 69.8 cm³/mol. The Labute approximate surface area is 114 Å². The predicted octanol–water partition coefficient (Wildman–Crippen LogP) is 2.62. The molecule has 0 unspecified atom stereocenters. The molecule has 1 aromatic rings.